The number of hydrogen-bond donors (Lipinski definition) is 1. The van der Waals surface area contributed by atoms with Gasteiger partial charge in [0.2, 0.25) is 0 Å². The van der Waals surface area contributed by atoms with E-state index in [1.807, 2.05) is 0 Å². The van der Waals surface area contributed by atoms with Gasteiger partial charge in [0.05, 0.1) is 6.67 Å². The average molecular weight is 283 g/mol. The third-order valence-corrected chi connectivity index (χ3v) is 5.33. The molecule has 1 aromatic heterocycles. The van der Waals surface area contributed by atoms with E-state index in [4.69, 9.17) is 0 Å². The predicted molar refractivity (Wildman–Crippen MR) is 87.4 cm³/mol. The zero-order valence-electron chi connectivity index (χ0n) is 13.1. The number of aromatic amines is 1. The maximum absolute atomic E-state index is 3.68. The summed E-state index contributed by atoms with van der Waals surface area (Å²) in [5.41, 5.74) is 4.32. The molecular weight excluding hydrogens is 258 g/mol. The summed E-state index contributed by atoms with van der Waals surface area (Å²) in [5, 5.41) is 1.44. The number of para-hydroxylation sites is 1. The smallest absolute Gasteiger partial charge is 0.0516 e. The van der Waals surface area contributed by atoms with Gasteiger partial charge in [-0.1, -0.05) is 31.5 Å². The molecule has 0 bridgehead atoms. The van der Waals surface area contributed by atoms with Crippen LogP contribution in [0.4, 0.5) is 0 Å². The van der Waals surface area contributed by atoms with Gasteiger partial charge in [-0.2, -0.15) is 0 Å². The lowest BCUT2D eigenvalue weighted by atomic mass is 9.93. The molecule has 21 heavy (non-hydrogen) atoms. The summed E-state index contributed by atoms with van der Waals surface area (Å²) in [6, 6.07) is 9.98. The molecule has 0 aliphatic carbocycles. The van der Waals surface area contributed by atoms with E-state index in [-0.39, 0.29) is 0 Å². The van der Waals surface area contributed by atoms with Crippen molar-refractivity contribution in [2.75, 3.05) is 19.8 Å². The first-order valence-corrected chi connectivity index (χ1v) is 8.35. The van der Waals surface area contributed by atoms with Gasteiger partial charge in [0, 0.05) is 35.2 Å². The number of hydrogen-bond acceptors (Lipinski definition) is 2. The van der Waals surface area contributed by atoms with Gasteiger partial charge in [-0.3, -0.25) is 9.80 Å². The molecule has 3 heteroatoms. The maximum Gasteiger partial charge on any atom is 0.0516 e. The molecule has 0 saturated carbocycles. The van der Waals surface area contributed by atoms with Crippen LogP contribution in [0, 0.1) is 0 Å². The lowest BCUT2D eigenvalue weighted by molar-refractivity contribution is 0.155. The van der Waals surface area contributed by atoms with Gasteiger partial charge in [-0.25, -0.2) is 0 Å². The molecule has 2 aliphatic heterocycles. The van der Waals surface area contributed by atoms with Crippen LogP contribution in [0.25, 0.3) is 10.9 Å². The van der Waals surface area contributed by atoms with Crippen LogP contribution in [0.1, 0.15) is 44.0 Å². The van der Waals surface area contributed by atoms with Crippen molar-refractivity contribution in [2.45, 2.75) is 45.2 Å². The standard InChI is InChI=1S/C18H25N3/c1-3-4-9-20-11-14-10-16-15-7-5-6-8-17(15)19-18(16)13(2)21(14)12-20/h5-8,13-14,19H,3-4,9-12H2,1-2H3. The fourth-order valence-electron chi connectivity index (χ4n) is 4.17. The van der Waals surface area contributed by atoms with E-state index in [0.717, 1.165) is 6.67 Å². The molecule has 1 saturated heterocycles. The van der Waals surface area contributed by atoms with Gasteiger partial charge >= 0.3 is 0 Å². The van der Waals surface area contributed by atoms with Gasteiger partial charge in [0.15, 0.2) is 0 Å². The molecule has 2 aliphatic rings. The second kappa shape index (κ2) is 5.15. The minimum atomic E-state index is 0.512. The Balaban J connectivity index is 1.64. The fraction of sp³-hybridized carbons (Fsp3) is 0.556. The highest BCUT2D eigenvalue weighted by atomic mass is 15.4. The lowest BCUT2D eigenvalue weighted by Crippen LogP contribution is -2.39. The first kappa shape index (κ1) is 13.4. The summed E-state index contributed by atoms with van der Waals surface area (Å²) >= 11 is 0. The molecule has 0 spiro atoms. The number of nitrogens with zero attached hydrogens (tertiary/aromatic N) is 2. The molecule has 2 aromatic rings. The molecule has 1 fully saturated rings. The van der Waals surface area contributed by atoms with Gasteiger partial charge in [0.25, 0.3) is 0 Å². The molecule has 3 heterocycles. The number of H-pyrrole nitrogens is 1. The number of fused-ring (bicyclic) bond motifs is 4. The Morgan fingerprint density at radius 1 is 1.29 bits per heavy atom. The first-order valence-electron chi connectivity index (χ1n) is 8.35. The zero-order chi connectivity index (χ0) is 14.4. The molecule has 112 valence electrons. The quantitative estimate of drug-likeness (QED) is 0.931. The van der Waals surface area contributed by atoms with E-state index in [2.05, 4.69) is 52.9 Å². The van der Waals surface area contributed by atoms with Gasteiger partial charge in [0.1, 0.15) is 0 Å². The van der Waals surface area contributed by atoms with E-state index in [1.165, 1.54) is 48.9 Å². The Morgan fingerprint density at radius 3 is 3.00 bits per heavy atom. The lowest BCUT2D eigenvalue weighted by Gasteiger charge is -2.34. The van der Waals surface area contributed by atoms with Crippen molar-refractivity contribution < 1.29 is 0 Å². The Hall–Kier alpha value is -1.32. The molecule has 1 aromatic carbocycles. The molecule has 0 amide bonds. The minimum Gasteiger partial charge on any atom is -0.357 e. The predicted octanol–water partition coefficient (Wildman–Crippen LogP) is 3.53. The molecular formula is C18H25N3. The van der Waals surface area contributed by atoms with Crippen molar-refractivity contribution in [3.8, 4) is 0 Å². The Kier molecular flexibility index (Phi) is 3.27. The Morgan fingerprint density at radius 2 is 2.14 bits per heavy atom. The van der Waals surface area contributed by atoms with Crippen LogP contribution in [-0.2, 0) is 6.42 Å². The van der Waals surface area contributed by atoms with Gasteiger partial charge < -0.3 is 4.98 Å². The van der Waals surface area contributed by atoms with Crippen molar-refractivity contribution in [2.24, 2.45) is 0 Å². The van der Waals surface area contributed by atoms with Crippen molar-refractivity contribution in [3.63, 3.8) is 0 Å². The van der Waals surface area contributed by atoms with Crippen LogP contribution in [0.3, 0.4) is 0 Å². The second-order valence-corrected chi connectivity index (χ2v) is 6.68. The van der Waals surface area contributed by atoms with E-state index in [9.17, 15) is 0 Å². The Labute approximate surface area is 126 Å². The molecule has 3 nitrogen and oxygen atoms in total. The van der Waals surface area contributed by atoms with Crippen LogP contribution in [-0.4, -0.2) is 40.6 Å². The number of nitrogens with one attached hydrogen (secondary N) is 1. The van der Waals surface area contributed by atoms with Gasteiger partial charge in [-0.05, 0) is 37.9 Å². The number of unbranched alkanes of at least 4 members (excludes halogenated alkanes) is 1. The third kappa shape index (κ3) is 2.11. The third-order valence-electron chi connectivity index (χ3n) is 5.33. The van der Waals surface area contributed by atoms with E-state index >= 15 is 0 Å². The minimum absolute atomic E-state index is 0.512. The second-order valence-electron chi connectivity index (χ2n) is 6.68. The summed E-state index contributed by atoms with van der Waals surface area (Å²) in [6.45, 7) is 8.28. The summed E-state index contributed by atoms with van der Waals surface area (Å²) in [4.78, 5) is 9.00. The van der Waals surface area contributed by atoms with Crippen molar-refractivity contribution in [1.82, 2.24) is 14.8 Å². The zero-order valence-corrected chi connectivity index (χ0v) is 13.1. The first-order chi connectivity index (χ1) is 10.3. The van der Waals surface area contributed by atoms with Crippen LogP contribution in [0.15, 0.2) is 24.3 Å². The molecule has 2 unspecified atom stereocenters. The monoisotopic (exact) mass is 283 g/mol. The molecule has 0 radical (unpaired) electrons. The Bertz CT molecular complexity index is 645. The van der Waals surface area contributed by atoms with Crippen molar-refractivity contribution >= 4 is 10.9 Å². The van der Waals surface area contributed by atoms with Crippen LogP contribution < -0.4 is 0 Å². The number of aromatic nitrogens is 1. The molecule has 2 atom stereocenters. The summed E-state index contributed by atoms with van der Waals surface area (Å²) in [6.07, 6.45) is 3.82. The highest BCUT2D eigenvalue weighted by molar-refractivity contribution is 5.85. The van der Waals surface area contributed by atoms with Gasteiger partial charge in [-0.15, -0.1) is 0 Å². The number of benzene rings is 1. The van der Waals surface area contributed by atoms with E-state index in [1.54, 1.807) is 5.56 Å². The topological polar surface area (TPSA) is 22.3 Å². The molecule has 4 rings (SSSR count). The van der Waals surface area contributed by atoms with Crippen molar-refractivity contribution in [3.05, 3.63) is 35.5 Å². The average Bonchev–Trinajstić information content (AvgIpc) is 3.07. The summed E-state index contributed by atoms with van der Waals surface area (Å²) < 4.78 is 0. The number of rotatable bonds is 3. The van der Waals surface area contributed by atoms with E-state index in [0.29, 0.717) is 12.1 Å². The maximum atomic E-state index is 3.68. The molecule has 1 N–H and O–H groups in total. The normalized spacial score (nSPS) is 26.2. The SMILES string of the molecule is CCCCN1CC2Cc3c([nH]c4ccccc34)C(C)N2C1. The highest BCUT2D eigenvalue weighted by Crippen LogP contribution is 2.39. The van der Waals surface area contributed by atoms with Crippen LogP contribution in [0.5, 0.6) is 0 Å². The van der Waals surface area contributed by atoms with Crippen molar-refractivity contribution in [1.29, 1.82) is 0 Å². The van der Waals surface area contributed by atoms with E-state index < -0.39 is 0 Å². The summed E-state index contributed by atoms with van der Waals surface area (Å²) in [7, 11) is 0. The fourth-order valence-corrected chi connectivity index (χ4v) is 4.17. The van der Waals surface area contributed by atoms with Crippen LogP contribution in [0.2, 0.25) is 0 Å². The summed E-state index contributed by atoms with van der Waals surface area (Å²) in [5.74, 6) is 0. The highest BCUT2D eigenvalue weighted by Gasteiger charge is 2.39. The van der Waals surface area contributed by atoms with Crippen LogP contribution >= 0.6 is 0 Å². The largest absolute Gasteiger partial charge is 0.357 e.